The van der Waals surface area contributed by atoms with Gasteiger partial charge in [-0.15, -0.1) is 10.2 Å². The maximum atomic E-state index is 12.8. The second-order valence-electron chi connectivity index (χ2n) is 8.38. The molecule has 1 amide bonds. The van der Waals surface area contributed by atoms with Gasteiger partial charge in [0.1, 0.15) is 12.1 Å². The Bertz CT molecular complexity index is 1050. The summed E-state index contributed by atoms with van der Waals surface area (Å²) < 4.78 is 7.08. The molecule has 33 heavy (non-hydrogen) atoms. The SMILES string of the molecule is COc1ccc(-n2cnnc2SCC(=O)Nc2ccccc2CN(C)C2CCCCC2)cc1. The van der Waals surface area contributed by atoms with Crippen LogP contribution in [0.3, 0.4) is 0 Å². The maximum Gasteiger partial charge on any atom is 0.234 e. The molecule has 1 N–H and O–H groups in total. The lowest BCUT2D eigenvalue weighted by atomic mass is 9.94. The molecule has 4 rings (SSSR count). The van der Waals surface area contributed by atoms with Crippen molar-refractivity contribution in [1.29, 1.82) is 0 Å². The standard InChI is InChI=1S/C25H31N5O2S/c1-29(20-9-4-3-5-10-20)16-19-8-6-7-11-23(19)27-24(31)17-33-25-28-26-18-30(25)21-12-14-22(32-2)15-13-21/h6-8,11-15,18,20H,3-5,9-10,16-17H2,1-2H3,(H,27,31). The fourth-order valence-corrected chi connectivity index (χ4v) is 4.99. The topological polar surface area (TPSA) is 72.3 Å². The highest BCUT2D eigenvalue weighted by molar-refractivity contribution is 7.99. The van der Waals surface area contributed by atoms with Crippen LogP contribution in [0.2, 0.25) is 0 Å². The number of thioether (sulfide) groups is 1. The summed E-state index contributed by atoms with van der Waals surface area (Å²) in [6.07, 6.45) is 8.14. The van der Waals surface area contributed by atoms with Crippen LogP contribution < -0.4 is 10.1 Å². The number of nitrogens with zero attached hydrogens (tertiary/aromatic N) is 4. The second-order valence-corrected chi connectivity index (χ2v) is 9.32. The molecule has 2 aromatic carbocycles. The minimum atomic E-state index is -0.0583. The molecule has 7 nitrogen and oxygen atoms in total. The van der Waals surface area contributed by atoms with Crippen LogP contribution in [-0.4, -0.2) is 51.5 Å². The summed E-state index contributed by atoms with van der Waals surface area (Å²) in [6, 6.07) is 16.3. The smallest absolute Gasteiger partial charge is 0.234 e. The Morgan fingerprint density at radius 3 is 2.67 bits per heavy atom. The third-order valence-electron chi connectivity index (χ3n) is 6.11. The number of nitrogens with one attached hydrogen (secondary N) is 1. The molecule has 1 aromatic heterocycles. The van der Waals surface area contributed by atoms with Gasteiger partial charge in [-0.05, 0) is 55.8 Å². The number of carbonyl (C=O) groups excluding carboxylic acids is 1. The number of hydrogen-bond donors (Lipinski definition) is 1. The number of anilines is 1. The summed E-state index contributed by atoms with van der Waals surface area (Å²) in [5.41, 5.74) is 2.94. The second kappa shape index (κ2) is 11.3. The Kier molecular flexibility index (Phi) is 8.01. The van der Waals surface area contributed by atoms with E-state index in [0.29, 0.717) is 11.2 Å². The van der Waals surface area contributed by atoms with Gasteiger partial charge in [-0.2, -0.15) is 0 Å². The van der Waals surface area contributed by atoms with E-state index in [1.807, 2.05) is 47.0 Å². The van der Waals surface area contributed by atoms with Crippen LogP contribution in [-0.2, 0) is 11.3 Å². The van der Waals surface area contributed by atoms with Gasteiger partial charge in [-0.1, -0.05) is 49.2 Å². The molecule has 0 aliphatic heterocycles. The highest BCUT2D eigenvalue weighted by Gasteiger charge is 2.19. The Labute approximate surface area is 199 Å². The third-order valence-corrected chi connectivity index (χ3v) is 7.05. The van der Waals surface area contributed by atoms with Crippen molar-refractivity contribution >= 4 is 23.4 Å². The van der Waals surface area contributed by atoms with Crippen molar-refractivity contribution < 1.29 is 9.53 Å². The number of amides is 1. The van der Waals surface area contributed by atoms with Crippen molar-refractivity contribution in [2.45, 2.75) is 49.8 Å². The molecule has 1 aliphatic carbocycles. The van der Waals surface area contributed by atoms with Crippen LogP contribution in [0.15, 0.2) is 60.0 Å². The van der Waals surface area contributed by atoms with Gasteiger partial charge < -0.3 is 10.1 Å². The Hall–Kier alpha value is -2.84. The molecule has 0 spiro atoms. The lowest BCUT2D eigenvalue weighted by Gasteiger charge is -2.31. The molecule has 1 fully saturated rings. The molecular formula is C25H31N5O2S. The molecule has 1 aliphatic rings. The van der Waals surface area contributed by atoms with Crippen molar-refractivity contribution in [3.63, 3.8) is 0 Å². The van der Waals surface area contributed by atoms with Crippen molar-refractivity contribution in [2.24, 2.45) is 0 Å². The number of aromatic nitrogens is 3. The van der Waals surface area contributed by atoms with Crippen molar-refractivity contribution in [3.05, 3.63) is 60.4 Å². The van der Waals surface area contributed by atoms with E-state index in [1.54, 1.807) is 13.4 Å². The summed E-state index contributed by atoms with van der Waals surface area (Å²) in [7, 11) is 3.83. The molecule has 174 valence electrons. The van der Waals surface area contributed by atoms with E-state index in [4.69, 9.17) is 4.74 Å². The van der Waals surface area contributed by atoms with Gasteiger partial charge >= 0.3 is 0 Å². The fraction of sp³-hybridized carbons (Fsp3) is 0.400. The van der Waals surface area contributed by atoms with Gasteiger partial charge in [-0.25, -0.2) is 0 Å². The van der Waals surface area contributed by atoms with Gasteiger partial charge in [0, 0.05) is 24.0 Å². The lowest BCUT2D eigenvalue weighted by Crippen LogP contribution is -2.33. The molecule has 1 saturated carbocycles. The highest BCUT2D eigenvalue weighted by atomic mass is 32.2. The van der Waals surface area contributed by atoms with E-state index in [0.717, 1.165) is 29.2 Å². The van der Waals surface area contributed by atoms with Gasteiger partial charge in [0.2, 0.25) is 5.91 Å². The van der Waals surface area contributed by atoms with Gasteiger partial charge in [0.05, 0.1) is 12.9 Å². The minimum Gasteiger partial charge on any atom is -0.497 e. The van der Waals surface area contributed by atoms with Crippen LogP contribution in [0.4, 0.5) is 5.69 Å². The zero-order valence-electron chi connectivity index (χ0n) is 19.2. The predicted octanol–water partition coefficient (Wildman–Crippen LogP) is 4.77. The summed E-state index contributed by atoms with van der Waals surface area (Å²) in [5, 5.41) is 12.0. The first-order chi connectivity index (χ1) is 16.1. The molecule has 8 heteroatoms. The normalized spacial score (nSPS) is 14.4. The number of carbonyl (C=O) groups is 1. The molecule has 0 atom stereocenters. The van der Waals surface area contributed by atoms with E-state index in [1.165, 1.54) is 43.9 Å². The van der Waals surface area contributed by atoms with E-state index in [2.05, 4.69) is 33.5 Å². The zero-order chi connectivity index (χ0) is 23.0. The summed E-state index contributed by atoms with van der Waals surface area (Å²) in [5.74, 6) is 0.979. The summed E-state index contributed by atoms with van der Waals surface area (Å²) in [4.78, 5) is 15.2. The first-order valence-corrected chi connectivity index (χ1v) is 12.4. The first-order valence-electron chi connectivity index (χ1n) is 11.4. The molecule has 3 aromatic rings. The molecule has 0 saturated heterocycles. The Morgan fingerprint density at radius 2 is 1.91 bits per heavy atom. The third kappa shape index (κ3) is 6.15. The van der Waals surface area contributed by atoms with Crippen LogP contribution in [0.1, 0.15) is 37.7 Å². The van der Waals surface area contributed by atoms with Crippen molar-refractivity contribution in [3.8, 4) is 11.4 Å². The molecular weight excluding hydrogens is 434 g/mol. The van der Waals surface area contributed by atoms with E-state index >= 15 is 0 Å². The van der Waals surface area contributed by atoms with Crippen LogP contribution in [0.5, 0.6) is 5.75 Å². The number of methoxy groups -OCH3 is 1. The fourth-order valence-electron chi connectivity index (χ4n) is 4.26. The zero-order valence-corrected chi connectivity index (χ0v) is 20.1. The van der Waals surface area contributed by atoms with E-state index in [-0.39, 0.29) is 11.7 Å². The molecule has 0 bridgehead atoms. The van der Waals surface area contributed by atoms with Gasteiger partial charge in [0.25, 0.3) is 0 Å². The first kappa shape index (κ1) is 23.3. The van der Waals surface area contributed by atoms with Crippen LogP contribution in [0, 0.1) is 0 Å². The largest absolute Gasteiger partial charge is 0.497 e. The lowest BCUT2D eigenvalue weighted by molar-refractivity contribution is -0.113. The van der Waals surface area contributed by atoms with E-state index in [9.17, 15) is 4.79 Å². The Morgan fingerprint density at radius 1 is 1.15 bits per heavy atom. The monoisotopic (exact) mass is 465 g/mol. The van der Waals surface area contributed by atoms with Crippen molar-refractivity contribution in [2.75, 3.05) is 25.2 Å². The number of benzene rings is 2. The molecule has 0 unspecified atom stereocenters. The summed E-state index contributed by atoms with van der Waals surface area (Å²) in [6.45, 7) is 0.833. The highest BCUT2D eigenvalue weighted by Crippen LogP contribution is 2.26. The number of ether oxygens (including phenoxy) is 1. The van der Waals surface area contributed by atoms with E-state index < -0.39 is 0 Å². The maximum absolute atomic E-state index is 12.8. The number of para-hydroxylation sites is 1. The predicted molar refractivity (Wildman–Crippen MR) is 132 cm³/mol. The van der Waals surface area contributed by atoms with Crippen LogP contribution in [0.25, 0.3) is 5.69 Å². The molecule has 1 heterocycles. The minimum absolute atomic E-state index is 0.0583. The van der Waals surface area contributed by atoms with Crippen LogP contribution >= 0.6 is 11.8 Å². The average Bonchev–Trinajstić information content (AvgIpc) is 3.33. The van der Waals surface area contributed by atoms with Crippen molar-refractivity contribution in [1.82, 2.24) is 19.7 Å². The van der Waals surface area contributed by atoms with Gasteiger partial charge in [0.15, 0.2) is 5.16 Å². The van der Waals surface area contributed by atoms with Gasteiger partial charge in [-0.3, -0.25) is 14.3 Å². The number of hydrogen-bond acceptors (Lipinski definition) is 6. The summed E-state index contributed by atoms with van der Waals surface area (Å²) >= 11 is 1.36. The quantitative estimate of drug-likeness (QED) is 0.459. The Balaban J connectivity index is 1.36. The molecule has 0 radical (unpaired) electrons. The average molecular weight is 466 g/mol. The number of rotatable bonds is 9.